The van der Waals surface area contributed by atoms with E-state index in [-0.39, 0.29) is 28.1 Å². The maximum absolute atomic E-state index is 15.0. The number of hydrogen-bond acceptors (Lipinski definition) is 4. The van der Waals surface area contributed by atoms with Gasteiger partial charge in [0.2, 0.25) is 5.91 Å². The van der Waals surface area contributed by atoms with Gasteiger partial charge in [-0.1, -0.05) is 30.9 Å². The molecular weight excluding hydrogens is 473 g/mol. The van der Waals surface area contributed by atoms with E-state index in [2.05, 4.69) is 15.7 Å². The molecule has 1 aromatic carbocycles. The zero-order chi connectivity index (χ0) is 25.1. The van der Waals surface area contributed by atoms with Crippen molar-refractivity contribution in [2.45, 2.75) is 45.1 Å². The van der Waals surface area contributed by atoms with Crippen molar-refractivity contribution < 1.29 is 18.7 Å². The topological polar surface area (TPSA) is 103 Å². The van der Waals surface area contributed by atoms with Gasteiger partial charge in [0, 0.05) is 31.4 Å². The summed E-state index contributed by atoms with van der Waals surface area (Å²) >= 11 is 5.98. The Labute approximate surface area is 207 Å². The van der Waals surface area contributed by atoms with E-state index in [0.29, 0.717) is 21.7 Å². The van der Waals surface area contributed by atoms with Gasteiger partial charge in [-0.3, -0.25) is 14.3 Å². The highest BCUT2D eigenvalue weighted by molar-refractivity contribution is 6.30. The lowest BCUT2D eigenvalue weighted by molar-refractivity contribution is -0.611. The van der Waals surface area contributed by atoms with E-state index in [1.807, 2.05) is 0 Å². The van der Waals surface area contributed by atoms with Crippen LogP contribution in [-0.2, 0) is 11.8 Å². The van der Waals surface area contributed by atoms with Crippen molar-refractivity contribution in [3.05, 3.63) is 70.2 Å². The predicted octanol–water partition coefficient (Wildman–Crippen LogP) is 4.14. The molecule has 10 heteroatoms. The largest absolute Gasteiger partial charge is 0.618 e. The lowest BCUT2D eigenvalue weighted by Gasteiger charge is -2.30. The SMILES string of the molecule is Cc1c(-c2ccc(NC(=O)C(NC(=O)c3ccnn3C)C3CCCCC3)cc2F)cc(Cl)c[n+]1[O-]. The summed E-state index contributed by atoms with van der Waals surface area (Å²) in [5, 5.41) is 21.8. The Bertz CT molecular complexity index is 1260. The van der Waals surface area contributed by atoms with Crippen molar-refractivity contribution >= 4 is 29.1 Å². The Hall–Kier alpha value is -3.46. The van der Waals surface area contributed by atoms with Crippen LogP contribution < -0.4 is 15.4 Å². The summed E-state index contributed by atoms with van der Waals surface area (Å²) < 4.78 is 17.1. The summed E-state index contributed by atoms with van der Waals surface area (Å²) in [6.45, 7) is 1.58. The average Bonchev–Trinajstić information content (AvgIpc) is 3.26. The van der Waals surface area contributed by atoms with Gasteiger partial charge in [0.05, 0.1) is 5.56 Å². The van der Waals surface area contributed by atoms with Crippen LogP contribution in [0.3, 0.4) is 0 Å². The number of amides is 2. The third-order valence-electron chi connectivity index (χ3n) is 6.51. The van der Waals surface area contributed by atoms with Gasteiger partial charge in [0.15, 0.2) is 11.9 Å². The first-order chi connectivity index (χ1) is 16.7. The van der Waals surface area contributed by atoms with Crippen LogP contribution in [0.5, 0.6) is 0 Å². The Balaban J connectivity index is 1.56. The van der Waals surface area contributed by atoms with Gasteiger partial charge in [0.1, 0.15) is 22.6 Å². The Kier molecular flexibility index (Phi) is 7.35. The molecule has 2 aromatic heterocycles. The van der Waals surface area contributed by atoms with Gasteiger partial charge in [0.25, 0.3) is 5.91 Å². The number of halogens is 2. The highest BCUT2D eigenvalue weighted by atomic mass is 35.5. The van der Waals surface area contributed by atoms with E-state index in [0.717, 1.165) is 32.1 Å². The molecule has 184 valence electrons. The van der Waals surface area contributed by atoms with Gasteiger partial charge in [-0.25, -0.2) is 4.39 Å². The minimum absolute atomic E-state index is 0.0216. The third-order valence-corrected chi connectivity index (χ3v) is 6.72. The summed E-state index contributed by atoms with van der Waals surface area (Å²) in [6, 6.07) is 6.59. The van der Waals surface area contributed by atoms with Crippen LogP contribution in [0.1, 0.15) is 48.3 Å². The van der Waals surface area contributed by atoms with Gasteiger partial charge < -0.3 is 15.8 Å². The van der Waals surface area contributed by atoms with Crippen molar-refractivity contribution in [1.82, 2.24) is 15.1 Å². The van der Waals surface area contributed by atoms with Crippen LogP contribution in [0.4, 0.5) is 10.1 Å². The molecule has 0 spiro atoms. The van der Waals surface area contributed by atoms with Crippen LogP contribution >= 0.6 is 11.6 Å². The molecule has 2 heterocycles. The van der Waals surface area contributed by atoms with Crippen molar-refractivity contribution in [2.24, 2.45) is 13.0 Å². The van der Waals surface area contributed by atoms with Crippen LogP contribution in [0.2, 0.25) is 5.02 Å². The highest BCUT2D eigenvalue weighted by Gasteiger charge is 2.32. The zero-order valence-electron chi connectivity index (χ0n) is 19.6. The van der Waals surface area contributed by atoms with Crippen molar-refractivity contribution in [1.29, 1.82) is 0 Å². The lowest BCUT2D eigenvalue weighted by Crippen LogP contribution is -2.49. The first kappa shape index (κ1) is 24.7. The molecule has 1 aliphatic carbocycles. The molecular formula is C25H27ClFN5O3. The lowest BCUT2D eigenvalue weighted by atomic mass is 9.83. The van der Waals surface area contributed by atoms with Crippen LogP contribution in [0.25, 0.3) is 11.1 Å². The number of aromatic nitrogens is 3. The average molecular weight is 500 g/mol. The van der Waals surface area contributed by atoms with Crippen LogP contribution in [-0.4, -0.2) is 27.6 Å². The standard InChI is InChI=1S/C25H27ClFN5O3/c1-15-20(12-17(26)14-32(15)35)19-9-8-18(13-21(19)27)29-25(34)23(16-6-4-3-5-7-16)30-24(33)22-10-11-28-31(22)2/h8-14,16,23H,3-7H2,1-2H3,(H,29,34)(H,30,33). The number of rotatable bonds is 6. The number of carbonyl (C=O) groups excluding carboxylic acids is 2. The number of pyridine rings is 1. The fraction of sp³-hybridized carbons (Fsp3) is 0.360. The number of nitrogens with zero attached hydrogens (tertiary/aromatic N) is 3. The molecule has 2 N–H and O–H groups in total. The zero-order valence-corrected chi connectivity index (χ0v) is 20.3. The molecule has 3 aromatic rings. The number of anilines is 1. The molecule has 1 unspecified atom stereocenters. The molecule has 35 heavy (non-hydrogen) atoms. The Morgan fingerprint density at radius 2 is 1.94 bits per heavy atom. The van der Waals surface area contributed by atoms with Gasteiger partial charge >= 0.3 is 0 Å². The predicted molar refractivity (Wildman–Crippen MR) is 130 cm³/mol. The summed E-state index contributed by atoms with van der Waals surface area (Å²) in [5.74, 6) is -1.43. The first-order valence-corrected chi connectivity index (χ1v) is 11.9. The van der Waals surface area contributed by atoms with E-state index < -0.39 is 17.8 Å². The number of benzene rings is 1. The van der Waals surface area contributed by atoms with E-state index in [1.54, 1.807) is 26.1 Å². The molecule has 4 rings (SSSR count). The monoisotopic (exact) mass is 499 g/mol. The van der Waals surface area contributed by atoms with Gasteiger partial charge in [-0.05, 0) is 49.1 Å². The summed E-state index contributed by atoms with van der Waals surface area (Å²) in [6.07, 6.45) is 7.43. The quantitative estimate of drug-likeness (QED) is 0.393. The van der Waals surface area contributed by atoms with E-state index >= 15 is 4.39 Å². The minimum atomic E-state index is -0.768. The number of aryl methyl sites for hydroxylation is 1. The molecule has 1 fully saturated rings. The van der Waals surface area contributed by atoms with E-state index in [9.17, 15) is 14.8 Å². The molecule has 0 saturated heterocycles. The normalized spacial score (nSPS) is 15.0. The number of nitrogens with one attached hydrogen (secondary N) is 2. The van der Waals surface area contributed by atoms with Gasteiger partial charge in [-0.15, -0.1) is 0 Å². The van der Waals surface area contributed by atoms with Crippen LogP contribution in [0.15, 0.2) is 42.7 Å². The summed E-state index contributed by atoms with van der Waals surface area (Å²) in [4.78, 5) is 26.1. The van der Waals surface area contributed by atoms with E-state index in [4.69, 9.17) is 11.6 Å². The van der Waals surface area contributed by atoms with Crippen molar-refractivity contribution in [2.75, 3.05) is 5.32 Å². The fourth-order valence-corrected chi connectivity index (χ4v) is 4.79. The Morgan fingerprint density at radius 1 is 1.20 bits per heavy atom. The maximum Gasteiger partial charge on any atom is 0.270 e. The molecule has 0 radical (unpaired) electrons. The Morgan fingerprint density at radius 3 is 2.60 bits per heavy atom. The molecule has 2 amide bonds. The third kappa shape index (κ3) is 5.45. The molecule has 1 saturated carbocycles. The fourth-order valence-electron chi connectivity index (χ4n) is 4.59. The molecule has 0 aliphatic heterocycles. The molecule has 1 atom stereocenters. The van der Waals surface area contributed by atoms with Crippen molar-refractivity contribution in [3.8, 4) is 11.1 Å². The van der Waals surface area contributed by atoms with Crippen molar-refractivity contribution in [3.63, 3.8) is 0 Å². The molecule has 8 nitrogen and oxygen atoms in total. The van der Waals surface area contributed by atoms with Gasteiger partial charge in [-0.2, -0.15) is 9.83 Å². The summed E-state index contributed by atoms with van der Waals surface area (Å²) in [7, 11) is 1.66. The second kappa shape index (κ2) is 10.4. The van der Waals surface area contributed by atoms with E-state index in [1.165, 1.54) is 35.3 Å². The maximum atomic E-state index is 15.0. The molecule has 0 bridgehead atoms. The smallest absolute Gasteiger partial charge is 0.270 e. The first-order valence-electron chi connectivity index (χ1n) is 11.5. The highest BCUT2D eigenvalue weighted by Crippen LogP contribution is 2.30. The second-order valence-electron chi connectivity index (χ2n) is 8.86. The minimum Gasteiger partial charge on any atom is -0.618 e. The second-order valence-corrected chi connectivity index (χ2v) is 9.29. The van der Waals surface area contributed by atoms with Crippen LogP contribution in [0, 0.1) is 23.9 Å². The number of hydrogen-bond donors (Lipinski definition) is 2. The summed E-state index contributed by atoms with van der Waals surface area (Å²) in [5.41, 5.74) is 1.47. The molecule has 1 aliphatic rings. The number of carbonyl (C=O) groups is 2.